The normalized spacial score (nSPS) is 32.2. The van der Waals surface area contributed by atoms with Gasteiger partial charge in [-0.1, -0.05) is 6.07 Å². The Morgan fingerprint density at radius 1 is 1.04 bits per heavy atom. The van der Waals surface area contributed by atoms with Gasteiger partial charge in [0.1, 0.15) is 0 Å². The minimum atomic E-state index is -0.314. The van der Waals surface area contributed by atoms with Gasteiger partial charge in [0.25, 0.3) is 5.91 Å². The highest BCUT2D eigenvalue weighted by Gasteiger charge is 2.51. The smallest absolute Gasteiger partial charge is 0.316 e. The summed E-state index contributed by atoms with van der Waals surface area (Å²) in [5, 5.41) is 3.26. The molecule has 1 aromatic carbocycles. The molecule has 4 saturated carbocycles. The number of ether oxygens (including phenoxy) is 1. The number of nitrogens with one attached hydrogen (secondary N) is 1. The van der Waals surface area contributed by atoms with E-state index < -0.39 is 0 Å². The lowest BCUT2D eigenvalue weighted by Gasteiger charge is -2.56. The second-order valence-electron chi connectivity index (χ2n) is 9.48. The van der Waals surface area contributed by atoms with Gasteiger partial charge < -0.3 is 10.1 Å². The molecule has 1 N–H and O–H groups in total. The summed E-state index contributed by atoms with van der Waals surface area (Å²) in [5.74, 6) is 2.18. The molecule has 4 nitrogen and oxygen atoms in total. The molecule has 28 heavy (non-hydrogen) atoms. The first-order valence-electron chi connectivity index (χ1n) is 10.8. The number of carbonyl (C=O) groups excluding carboxylic acids is 2. The van der Waals surface area contributed by atoms with Gasteiger partial charge >= 0.3 is 5.97 Å². The Balaban J connectivity index is 1.08. The molecule has 4 fully saturated rings. The van der Waals surface area contributed by atoms with Crippen LogP contribution in [0, 0.1) is 17.8 Å². The fraction of sp³-hybridized carbons (Fsp3) is 0.652. The summed E-state index contributed by atoms with van der Waals surface area (Å²) in [6.07, 6.45) is 10.9. The molecule has 150 valence electrons. The fourth-order valence-electron chi connectivity index (χ4n) is 6.56. The van der Waals surface area contributed by atoms with Gasteiger partial charge in [-0.25, -0.2) is 0 Å². The summed E-state index contributed by atoms with van der Waals surface area (Å²) in [6, 6.07) is 6.46. The van der Waals surface area contributed by atoms with Gasteiger partial charge in [-0.3, -0.25) is 9.59 Å². The summed E-state index contributed by atoms with van der Waals surface area (Å²) in [5.41, 5.74) is 2.83. The lowest BCUT2D eigenvalue weighted by molar-refractivity contribution is -0.147. The number of carbonyl (C=O) groups is 2. The Bertz CT molecular complexity index is 755. The van der Waals surface area contributed by atoms with Crippen molar-refractivity contribution in [2.75, 3.05) is 12.4 Å². The van der Waals surface area contributed by atoms with E-state index in [2.05, 4.69) is 23.5 Å². The molecule has 0 aromatic heterocycles. The van der Waals surface area contributed by atoms with Crippen LogP contribution < -0.4 is 5.32 Å². The van der Waals surface area contributed by atoms with Gasteiger partial charge in [0, 0.05) is 10.4 Å². The molecule has 5 heteroatoms. The Kier molecular flexibility index (Phi) is 4.90. The van der Waals surface area contributed by atoms with Gasteiger partial charge in [0.2, 0.25) is 0 Å². The Morgan fingerprint density at radius 3 is 2.43 bits per heavy atom. The molecular weight excluding hydrogens is 370 g/mol. The largest absolute Gasteiger partial charge is 0.455 e. The highest BCUT2D eigenvalue weighted by Crippen LogP contribution is 2.55. The van der Waals surface area contributed by atoms with Crippen molar-refractivity contribution < 1.29 is 14.3 Å². The second-order valence-corrected chi connectivity index (χ2v) is 10.5. The first-order valence-corrected chi connectivity index (χ1v) is 11.8. The van der Waals surface area contributed by atoms with Crippen LogP contribution in [0.3, 0.4) is 0 Å². The number of esters is 1. The van der Waals surface area contributed by atoms with Crippen LogP contribution in [0.25, 0.3) is 0 Å². The number of amides is 1. The average molecular weight is 400 g/mol. The molecule has 0 spiro atoms. The first-order chi connectivity index (χ1) is 13.6. The van der Waals surface area contributed by atoms with Crippen molar-refractivity contribution in [1.29, 1.82) is 0 Å². The predicted molar refractivity (Wildman–Crippen MR) is 109 cm³/mol. The number of hydrogen-bond donors (Lipinski definition) is 1. The molecule has 1 amide bonds. The summed E-state index contributed by atoms with van der Waals surface area (Å²) in [7, 11) is 0. The SMILES string of the molecule is O=C(COC(=O)CSc1ccc2c(c1)CCC2)NC12CC3CC(CC(C3)C1)C2. The molecule has 4 bridgehead atoms. The molecule has 5 aliphatic rings. The predicted octanol–water partition coefficient (Wildman–Crippen LogP) is 3.90. The quantitative estimate of drug-likeness (QED) is 0.582. The molecule has 1 aromatic rings. The van der Waals surface area contributed by atoms with E-state index in [-0.39, 0.29) is 29.8 Å². The minimum Gasteiger partial charge on any atom is -0.455 e. The summed E-state index contributed by atoms with van der Waals surface area (Å²) in [4.78, 5) is 25.6. The number of rotatable bonds is 6. The van der Waals surface area contributed by atoms with Crippen molar-refractivity contribution >= 4 is 23.6 Å². The molecule has 6 rings (SSSR count). The summed E-state index contributed by atoms with van der Waals surface area (Å²) in [6.45, 7) is -0.147. The lowest BCUT2D eigenvalue weighted by Crippen LogP contribution is -2.60. The molecular formula is C23H29NO3S. The third kappa shape index (κ3) is 3.83. The molecule has 0 aliphatic heterocycles. The molecule has 0 unspecified atom stereocenters. The third-order valence-electron chi connectivity index (χ3n) is 7.23. The fourth-order valence-corrected chi connectivity index (χ4v) is 7.32. The van der Waals surface area contributed by atoms with E-state index in [0.717, 1.165) is 48.3 Å². The molecule has 0 heterocycles. The second kappa shape index (κ2) is 7.40. The number of fused-ring (bicyclic) bond motifs is 1. The van der Waals surface area contributed by atoms with E-state index in [1.165, 1.54) is 55.0 Å². The van der Waals surface area contributed by atoms with E-state index in [1.807, 2.05) is 0 Å². The number of thioether (sulfide) groups is 1. The summed E-state index contributed by atoms with van der Waals surface area (Å²) >= 11 is 1.49. The van der Waals surface area contributed by atoms with Crippen LogP contribution in [-0.4, -0.2) is 29.8 Å². The Labute approximate surface area is 171 Å². The number of benzene rings is 1. The number of aryl methyl sites for hydroxylation is 2. The maximum absolute atomic E-state index is 12.4. The van der Waals surface area contributed by atoms with Crippen molar-refractivity contribution in [3.8, 4) is 0 Å². The Hall–Kier alpha value is -1.49. The van der Waals surface area contributed by atoms with E-state index in [0.29, 0.717) is 0 Å². The van der Waals surface area contributed by atoms with Gasteiger partial charge in [0.15, 0.2) is 6.61 Å². The van der Waals surface area contributed by atoms with Crippen molar-refractivity contribution in [3.05, 3.63) is 29.3 Å². The standard InChI is InChI=1S/C23H29NO3S/c25-21(24-23-10-15-6-16(11-23)8-17(7-15)12-23)13-27-22(26)14-28-20-5-4-18-2-1-3-19(18)9-20/h4-5,9,15-17H,1-3,6-8,10-14H2,(H,24,25). The highest BCUT2D eigenvalue weighted by atomic mass is 32.2. The molecule has 5 aliphatic carbocycles. The zero-order valence-corrected chi connectivity index (χ0v) is 17.2. The van der Waals surface area contributed by atoms with Crippen molar-refractivity contribution in [3.63, 3.8) is 0 Å². The van der Waals surface area contributed by atoms with E-state index in [4.69, 9.17) is 4.74 Å². The van der Waals surface area contributed by atoms with E-state index >= 15 is 0 Å². The zero-order valence-electron chi connectivity index (χ0n) is 16.4. The van der Waals surface area contributed by atoms with Gasteiger partial charge in [-0.2, -0.15) is 0 Å². The van der Waals surface area contributed by atoms with Gasteiger partial charge in [0.05, 0.1) is 5.75 Å². The van der Waals surface area contributed by atoms with Gasteiger partial charge in [-0.05, 0) is 98.8 Å². The number of hydrogen-bond acceptors (Lipinski definition) is 4. The minimum absolute atomic E-state index is 0.0165. The highest BCUT2D eigenvalue weighted by molar-refractivity contribution is 8.00. The lowest BCUT2D eigenvalue weighted by atomic mass is 9.53. The first kappa shape index (κ1) is 18.5. The van der Waals surface area contributed by atoms with E-state index in [9.17, 15) is 9.59 Å². The van der Waals surface area contributed by atoms with Crippen LogP contribution in [0.4, 0.5) is 0 Å². The van der Waals surface area contributed by atoms with Crippen LogP contribution in [0.5, 0.6) is 0 Å². The van der Waals surface area contributed by atoms with E-state index in [1.54, 1.807) is 0 Å². The topological polar surface area (TPSA) is 55.4 Å². The van der Waals surface area contributed by atoms with Crippen LogP contribution in [0.2, 0.25) is 0 Å². The average Bonchev–Trinajstić information content (AvgIpc) is 3.11. The van der Waals surface area contributed by atoms with Crippen LogP contribution in [0.15, 0.2) is 23.1 Å². The maximum Gasteiger partial charge on any atom is 0.316 e. The van der Waals surface area contributed by atoms with Crippen LogP contribution in [0.1, 0.15) is 56.1 Å². The molecule has 0 atom stereocenters. The van der Waals surface area contributed by atoms with Crippen molar-refractivity contribution in [1.82, 2.24) is 5.32 Å². The summed E-state index contributed by atoms with van der Waals surface area (Å²) < 4.78 is 5.26. The van der Waals surface area contributed by atoms with Crippen LogP contribution >= 0.6 is 11.8 Å². The maximum atomic E-state index is 12.4. The monoisotopic (exact) mass is 399 g/mol. The van der Waals surface area contributed by atoms with Gasteiger partial charge in [-0.15, -0.1) is 11.8 Å². The Morgan fingerprint density at radius 2 is 1.71 bits per heavy atom. The molecule has 0 radical (unpaired) electrons. The molecule has 0 saturated heterocycles. The van der Waals surface area contributed by atoms with Crippen molar-refractivity contribution in [2.45, 2.75) is 68.2 Å². The zero-order chi connectivity index (χ0) is 19.1. The van der Waals surface area contributed by atoms with Crippen molar-refractivity contribution in [2.24, 2.45) is 17.8 Å². The third-order valence-corrected chi connectivity index (χ3v) is 8.20. The van der Waals surface area contributed by atoms with Crippen LogP contribution in [-0.2, 0) is 27.2 Å².